The number of anilines is 3. The van der Waals surface area contributed by atoms with E-state index in [-0.39, 0.29) is 30.1 Å². The molecule has 0 unspecified atom stereocenters. The van der Waals surface area contributed by atoms with Crippen LogP contribution in [0.15, 0.2) is 24.5 Å². The lowest BCUT2D eigenvalue weighted by molar-refractivity contribution is -0.192. The molecule has 0 aromatic carbocycles. The van der Waals surface area contributed by atoms with E-state index in [1.54, 1.807) is 31.1 Å². The number of hydrogen-bond acceptors (Lipinski definition) is 9. The Labute approximate surface area is 301 Å². The van der Waals surface area contributed by atoms with E-state index in [1.165, 1.54) is 28.0 Å². The molecule has 20 heteroatoms. The first-order chi connectivity index (χ1) is 24.2. The summed E-state index contributed by atoms with van der Waals surface area (Å²) < 4.78 is 34.8. The molecule has 0 aliphatic rings. The van der Waals surface area contributed by atoms with Crippen LogP contribution in [0, 0.1) is 5.92 Å². The van der Waals surface area contributed by atoms with Crippen LogP contribution in [0.5, 0.6) is 0 Å². The molecule has 3 heterocycles. The van der Waals surface area contributed by atoms with E-state index >= 15 is 0 Å². The van der Waals surface area contributed by atoms with E-state index < -0.39 is 35.8 Å². The number of carbonyl (C=O) groups excluding carboxylic acids is 4. The van der Waals surface area contributed by atoms with Gasteiger partial charge in [0.25, 0.3) is 17.7 Å². The lowest BCUT2D eigenvalue weighted by Gasteiger charge is -2.10. The molecule has 0 fully saturated rings. The molecule has 0 saturated heterocycles. The van der Waals surface area contributed by atoms with Gasteiger partial charge in [-0.3, -0.25) is 29.3 Å². The van der Waals surface area contributed by atoms with Crippen LogP contribution in [0.3, 0.4) is 0 Å². The maximum absolute atomic E-state index is 13.2. The van der Waals surface area contributed by atoms with Gasteiger partial charge in [-0.05, 0) is 58.0 Å². The number of rotatable bonds is 16. The number of aromatic nitrogens is 3. The van der Waals surface area contributed by atoms with Gasteiger partial charge in [0.05, 0.1) is 17.8 Å². The molecule has 0 spiro atoms. The Hall–Kier alpha value is -5.24. The van der Waals surface area contributed by atoms with Gasteiger partial charge in [0.2, 0.25) is 5.91 Å². The van der Waals surface area contributed by atoms with Gasteiger partial charge in [-0.15, -0.1) is 11.3 Å². The highest BCUT2D eigenvalue weighted by molar-refractivity contribution is 7.16. The summed E-state index contributed by atoms with van der Waals surface area (Å²) >= 11 is 1.28. The third-order valence-corrected chi connectivity index (χ3v) is 8.01. The smallest absolute Gasteiger partial charge is 0.481 e. The first-order valence-corrected chi connectivity index (χ1v) is 16.7. The van der Waals surface area contributed by atoms with Crippen molar-refractivity contribution in [2.75, 3.05) is 43.1 Å². The number of carboxylic acids is 2. The van der Waals surface area contributed by atoms with Crippen LogP contribution in [0.1, 0.15) is 75.9 Å². The Balaban J connectivity index is 0.00000121. The van der Waals surface area contributed by atoms with Crippen molar-refractivity contribution in [1.29, 1.82) is 0 Å². The fourth-order valence-electron chi connectivity index (χ4n) is 4.37. The second kappa shape index (κ2) is 19.4. The van der Waals surface area contributed by atoms with Crippen molar-refractivity contribution in [2.45, 2.75) is 52.1 Å². The van der Waals surface area contributed by atoms with Crippen molar-refractivity contribution in [3.05, 3.63) is 46.5 Å². The Morgan fingerprint density at radius 2 is 1.42 bits per heavy atom. The fraction of sp³-hybridized carbons (Fsp3) is 0.469. The summed E-state index contributed by atoms with van der Waals surface area (Å²) in [6.45, 7) is 5.58. The number of thiazole rings is 1. The van der Waals surface area contributed by atoms with Crippen LogP contribution in [0.2, 0.25) is 0 Å². The SMILES string of the molecule is CC(C)CCc1sc(NC(=O)c2cc(NC(=O)c3cc(NC(=O)CCC(=O)O)cn3C)cn2C)nc1C(=O)NCCCN(C)C.O=C(O)C(F)(F)F. The molecular formula is C32H43F3N8O8S. The molecular weight excluding hydrogens is 713 g/mol. The van der Waals surface area contributed by atoms with E-state index in [0.29, 0.717) is 41.1 Å². The van der Waals surface area contributed by atoms with Gasteiger partial charge in [0, 0.05) is 44.3 Å². The largest absolute Gasteiger partial charge is 0.490 e. The molecule has 0 radical (unpaired) electrons. The van der Waals surface area contributed by atoms with Gasteiger partial charge < -0.3 is 40.2 Å². The quantitative estimate of drug-likeness (QED) is 0.115. The standard InChI is InChI=1S/C30H42N8O6S.C2HF3O2/c1-18(2)8-9-23-26(29(44)31-12-7-13-36(3)4)34-30(45-23)35-28(43)22-15-20(17-38(22)6)33-27(42)21-14-19(16-37(21)5)32-24(39)10-11-25(40)41;3-2(4,5)1(6)7/h14-18H,7-13H2,1-6H3,(H,31,44)(H,32,39)(H,33,42)(H,40,41)(H,34,35,43);(H,6,7). The predicted molar refractivity (Wildman–Crippen MR) is 187 cm³/mol. The van der Waals surface area contributed by atoms with E-state index in [2.05, 4.69) is 40.1 Å². The van der Waals surface area contributed by atoms with Crippen molar-refractivity contribution >= 4 is 63.4 Å². The van der Waals surface area contributed by atoms with Gasteiger partial charge in [0.1, 0.15) is 17.1 Å². The topological polar surface area (TPSA) is 217 Å². The van der Waals surface area contributed by atoms with Crippen molar-refractivity contribution in [3.8, 4) is 0 Å². The summed E-state index contributed by atoms with van der Waals surface area (Å²) in [4.78, 5) is 78.1. The van der Waals surface area contributed by atoms with Crippen molar-refractivity contribution in [1.82, 2.24) is 24.3 Å². The maximum Gasteiger partial charge on any atom is 0.490 e. The molecule has 52 heavy (non-hydrogen) atoms. The first kappa shape index (κ1) is 42.9. The number of carboxylic acid groups (broad SMARTS) is 2. The fourth-order valence-corrected chi connectivity index (χ4v) is 5.34. The molecule has 3 aromatic heterocycles. The highest BCUT2D eigenvalue weighted by atomic mass is 32.1. The number of carbonyl (C=O) groups is 6. The maximum atomic E-state index is 13.2. The highest BCUT2D eigenvalue weighted by Crippen LogP contribution is 2.27. The molecule has 3 rings (SSSR count). The predicted octanol–water partition coefficient (Wildman–Crippen LogP) is 4.03. The zero-order valence-electron chi connectivity index (χ0n) is 29.5. The zero-order valence-corrected chi connectivity index (χ0v) is 30.3. The number of halogens is 3. The summed E-state index contributed by atoms with van der Waals surface area (Å²) in [5, 5.41) is 27.2. The number of amides is 4. The van der Waals surface area contributed by atoms with Crippen molar-refractivity contribution < 1.29 is 52.2 Å². The van der Waals surface area contributed by atoms with E-state index in [9.17, 15) is 37.1 Å². The summed E-state index contributed by atoms with van der Waals surface area (Å²) in [6, 6.07) is 3.00. The van der Waals surface area contributed by atoms with Gasteiger partial charge in [-0.25, -0.2) is 9.78 Å². The first-order valence-electron chi connectivity index (χ1n) is 15.9. The zero-order chi connectivity index (χ0) is 39.3. The Bertz CT molecular complexity index is 1750. The van der Waals surface area contributed by atoms with E-state index in [4.69, 9.17) is 15.0 Å². The number of nitrogens with one attached hydrogen (secondary N) is 4. The minimum atomic E-state index is -5.08. The average molecular weight is 757 g/mol. The van der Waals surface area contributed by atoms with Gasteiger partial charge >= 0.3 is 18.1 Å². The minimum Gasteiger partial charge on any atom is -0.481 e. The molecule has 6 N–H and O–H groups in total. The van der Waals surface area contributed by atoms with Crippen LogP contribution in [-0.4, -0.2) is 98.2 Å². The highest BCUT2D eigenvalue weighted by Gasteiger charge is 2.38. The molecule has 4 amide bonds. The molecule has 0 atom stereocenters. The number of aryl methyl sites for hydroxylation is 3. The van der Waals surface area contributed by atoms with Crippen molar-refractivity contribution in [3.63, 3.8) is 0 Å². The third kappa shape index (κ3) is 14.2. The van der Waals surface area contributed by atoms with Crippen LogP contribution in [0.4, 0.5) is 29.7 Å². The Morgan fingerprint density at radius 1 is 0.885 bits per heavy atom. The normalized spacial score (nSPS) is 11.1. The lowest BCUT2D eigenvalue weighted by Crippen LogP contribution is -2.28. The van der Waals surface area contributed by atoms with Gasteiger partial charge in [0.15, 0.2) is 5.13 Å². The van der Waals surface area contributed by atoms with Crippen LogP contribution in [0.25, 0.3) is 0 Å². The summed E-state index contributed by atoms with van der Waals surface area (Å²) in [6.07, 6.45) is -0.101. The second-order valence-electron chi connectivity index (χ2n) is 12.2. The Kier molecular flexibility index (Phi) is 16.0. The Morgan fingerprint density at radius 3 is 1.92 bits per heavy atom. The molecule has 0 aliphatic heterocycles. The summed E-state index contributed by atoms with van der Waals surface area (Å²) in [7, 11) is 7.25. The second-order valence-corrected chi connectivity index (χ2v) is 13.3. The molecule has 0 bridgehead atoms. The average Bonchev–Trinajstić information content (AvgIpc) is 3.72. The number of alkyl halides is 3. The van der Waals surface area contributed by atoms with Crippen LogP contribution in [-0.2, 0) is 34.9 Å². The molecule has 16 nitrogen and oxygen atoms in total. The number of hydrogen-bond donors (Lipinski definition) is 6. The molecule has 3 aromatic rings. The molecule has 286 valence electrons. The van der Waals surface area contributed by atoms with Gasteiger partial charge in [-0.1, -0.05) is 13.8 Å². The minimum absolute atomic E-state index is 0.188. The third-order valence-electron chi connectivity index (χ3n) is 6.97. The number of nitrogens with zero attached hydrogens (tertiary/aromatic N) is 4. The number of aliphatic carboxylic acids is 2. The summed E-state index contributed by atoms with van der Waals surface area (Å²) in [5.41, 5.74) is 1.54. The lowest BCUT2D eigenvalue weighted by atomic mass is 10.1. The van der Waals surface area contributed by atoms with Crippen LogP contribution >= 0.6 is 11.3 Å². The van der Waals surface area contributed by atoms with E-state index in [0.717, 1.165) is 24.3 Å². The van der Waals surface area contributed by atoms with Crippen molar-refractivity contribution in [2.24, 2.45) is 20.0 Å². The monoisotopic (exact) mass is 756 g/mol. The summed E-state index contributed by atoms with van der Waals surface area (Å²) in [5.74, 6) is -5.07. The van der Waals surface area contributed by atoms with Gasteiger partial charge in [-0.2, -0.15) is 13.2 Å². The van der Waals surface area contributed by atoms with Crippen LogP contribution < -0.4 is 21.3 Å². The molecule has 0 aliphatic carbocycles. The van der Waals surface area contributed by atoms with E-state index in [1.807, 2.05) is 19.0 Å². The molecule has 0 saturated carbocycles.